The Balaban J connectivity index is 0.000000561. The molecule has 0 saturated heterocycles. The second-order valence-electron chi connectivity index (χ2n) is 3.21. The lowest BCUT2D eigenvalue weighted by molar-refractivity contribution is 0.187. The van der Waals surface area contributed by atoms with E-state index in [1.54, 1.807) is 7.11 Å². The molecule has 2 nitrogen and oxygen atoms in total. The summed E-state index contributed by atoms with van der Waals surface area (Å²) < 4.78 is 4.92. The van der Waals surface area contributed by atoms with Crippen LogP contribution in [0.2, 0.25) is 0 Å². The summed E-state index contributed by atoms with van der Waals surface area (Å²) in [6.07, 6.45) is 2.10. The highest BCUT2D eigenvalue weighted by Crippen LogP contribution is 2.53. The van der Waals surface area contributed by atoms with E-state index in [9.17, 15) is 0 Å². The van der Waals surface area contributed by atoms with Crippen molar-refractivity contribution < 1.29 is 4.74 Å². The molecule has 2 atom stereocenters. The molecule has 0 aromatic rings. The molecule has 2 heteroatoms. The van der Waals surface area contributed by atoms with E-state index in [4.69, 9.17) is 10.00 Å². The summed E-state index contributed by atoms with van der Waals surface area (Å²) in [6.45, 7) is 6.81. The summed E-state index contributed by atoms with van der Waals surface area (Å²) in [5.41, 5.74) is -0.0153. The fraction of sp³-hybridized carbons (Fsp3) is 0.900. The van der Waals surface area contributed by atoms with Crippen LogP contribution in [-0.2, 0) is 4.74 Å². The molecule has 12 heavy (non-hydrogen) atoms. The molecular formula is C10H19NO. The standard InChI is InChI=1S/C8H13NO.C2H6/c1-8(6-9)5-7(8)3-4-10-2;1-2/h7H,3-5H2,1-2H3;1-2H3. The highest BCUT2D eigenvalue weighted by molar-refractivity contribution is 5.12. The van der Waals surface area contributed by atoms with E-state index in [0.717, 1.165) is 19.4 Å². The fourth-order valence-corrected chi connectivity index (χ4v) is 1.27. The van der Waals surface area contributed by atoms with E-state index in [0.29, 0.717) is 5.92 Å². The van der Waals surface area contributed by atoms with Gasteiger partial charge in [0, 0.05) is 13.7 Å². The molecule has 1 aliphatic rings. The zero-order valence-corrected chi connectivity index (χ0v) is 8.55. The monoisotopic (exact) mass is 169 g/mol. The summed E-state index contributed by atoms with van der Waals surface area (Å²) in [7, 11) is 1.70. The molecule has 0 heterocycles. The normalized spacial score (nSPS) is 31.4. The minimum atomic E-state index is -0.0153. The molecule has 0 spiro atoms. The third-order valence-electron chi connectivity index (χ3n) is 2.34. The van der Waals surface area contributed by atoms with Crippen LogP contribution in [0.3, 0.4) is 0 Å². The van der Waals surface area contributed by atoms with Crippen LogP contribution in [-0.4, -0.2) is 13.7 Å². The van der Waals surface area contributed by atoms with Crippen molar-refractivity contribution in [1.29, 1.82) is 5.26 Å². The van der Waals surface area contributed by atoms with Crippen molar-refractivity contribution in [3.05, 3.63) is 0 Å². The summed E-state index contributed by atoms with van der Waals surface area (Å²) >= 11 is 0. The van der Waals surface area contributed by atoms with Crippen LogP contribution >= 0.6 is 0 Å². The molecule has 0 aromatic carbocycles. The molecule has 2 unspecified atom stereocenters. The van der Waals surface area contributed by atoms with E-state index in [2.05, 4.69) is 6.07 Å². The summed E-state index contributed by atoms with van der Waals surface area (Å²) in [5.74, 6) is 0.595. The van der Waals surface area contributed by atoms with Crippen LogP contribution in [0.5, 0.6) is 0 Å². The topological polar surface area (TPSA) is 33.0 Å². The van der Waals surface area contributed by atoms with Crippen LogP contribution < -0.4 is 0 Å². The van der Waals surface area contributed by atoms with Gasteiger partial charge < -0.3 is 4.74 Å². The van der Waals surface area contributed by atoms with Crippen molar-refractivity contribution in [2.24, 2.45) is 11.3 Å². The van der Waals surface area contributed by atoms with Crippen molar-refractivity contribution in [2.75, 3.05) is 13.7 Å². The van der Waals surface area contributed by atoms with Crippen molar-refractivity contribution in [3.63, 3.8) is 0 Å². The second-order valence-corrected chi connectivity index (χ2v) is 3.21. The summed E-state index contributed by atoms with van der Waals surface area (Å²) in [6, 6.07) is 2.32. The molecule has 0 aromatic heterocycles. The predicted octanol–water partition coefficient (Wildman–Crippen LogP) is 2.60. The molecule has 0 N–H and O–H groups in total. The van der Waals surface area contributed by atoms with Gasteiger partial charge in [0.2, 0.25) is 0 Å². The Morgan fingerprint density at radius 2 is 2.17 bits per heavy atom. The lowest BCUT2D eigenvalue weighted by Gasteiger charge is -1.98. The molecule has 0 amide bonds. The van der Waals surface area contributed by atoms with Gasteiger partial charge in [0.15, 0.2) is 0 Å². The maximum Gasteiger partial charge on any atom is 0.0689 e. The molecule has 0 bridgehead atoms. The molecule has 1 rings (SSSR count). The molecule has 0 radical (unpaired) electrons. The third-order valence-corrected chi connectivity index (χ3v) is 2.34. The molecule has 1 fully saturated rings. The lowest BCUT2D eigenvalue weighted by Crippen LogP contribution is -1.96. The average molecular weight is 169 g/mol. The van der Waals surface area contributed by atoms with E-state index in [-0.39, 0.29) is 5.41 Å². The second kappa shape index (κ2) is 5.16. The minimum Gasteiger partial charge on any atom is -0.385 e. The first-order valence-corrected chi connectivity index (χ1v) is 4.63. The highest BCUT2D eigenvalue weighted by Gasteiger charge is 2.49. The van der Waals surface area contributed by atoms with Gasteiger partial charge in [-0.05, 0) is 25.7 Å². The maximum atomic E-state index is 8.64. The Kier molecular flexibility index (Phi) is 4.92. The summed E-state index contributed by atoms with van der Waals surface area (Å²) in [4.78, 5) is 0. The predicted molar refractivity (Wildman–Crippen MR) is 49.7 cm³/mol. The maximum absolute atomic E-state index is 8.64. The SMILES string of the molecule is CC.COCCC1CC1(C)C#N. The third kappa shape index (κ3) is 2.83. The number of hydrogen-bond donors (Lipinski definition) is 0. The number of nitrogens with zero attached hydrogens (tertiary/aromatic N) is 1. The quantitative estimate of drug-likeness (QED) is 0.650. The van der Waals surface area contributed by atoms with Crippen LogP contribution in [0, 0.1) is 22.7 Å². The lowest BCUT2D eigenvalue weighted by atomic mass is 10.1. The number of rotatable bonds is 3. The smallest absolute Gasteiger partial charge is 0.0689 e. The van der Waals surface area contributed by atoms with Crippen molar-refractivity contribution in [3.8, 4) is 6.07 Å². The van der Waals surface area contributed by atoms with Crippen molar-refractivity contribution in [2.45, 2.75) is 33.6 Å². The number of hydrogen-bond acceptors (Lipinski definition) is 2. The van der Waals surface area contributed by atoms with Gasteiger partial charge in [0.05, 0.1) is 11.5 Å². The van der Waals surface area contributed by atoms with Crippen LogP contribution in [0.1, 0.15) is 33.6 Å². The Labute approximate surface area is 75.5 Å². The zero-order chi connectivity index (χ0) is 9.61. The zero-order valence-electron chi connectivity index (χ0n) is 8.55. The highest BCUT2D eigenvalue weighted by atomic mass is 16.5. The first-order chi connectivity index (χ1) is 5.73. The summed E-state index contributed by atoms with van der Waals surface area (Å²) in [5, 5.41) is 8.64. The molecule has 1 saturated carbocycles. The Morgan fingerprint density at radius 3 is 2.50 bits per heavy atom. The van der Waals surface area contributed by atoms with Gasteiger partial charge in [0.1, 0.15) is 0 Å². The minimum absolute atomic E-state index is 0.0153. The van der Waals surface area contributed by atoms with Crippen molar-refractivity contribution >= 4 is 0 Å². The Morgan fingerprint density at radius 1 is 1.58 bits per heavy atom. The van der Waals surface area contributed by atoms with Gasteiger partial charge in [-0.25, -0.2) is 0 Å². The first-order valence-electron chi connectivity index (χ1n) is 4.63. The van der Waals surface area contributed by atoms with Gasteiger partial charge in [-0.15, -0.1) is 0 Å². The van der Waals surface area contributed by atoms with Crippen molar-refractivity contribution in [1.82, 2.24) is 0 Å². The van der Waals surface area contributed by atoms with E-state index < -0.39 is 0 Å². The fourth-order valence-electron chi connectivity index (χ4n) is 1.27. The van der Waals surface area contributed by atoms with Gasteiger partial charge >= 0.3 is 0 Å². The van der Waals surface area contributed by atoms with E-state index in [1.165, 1.54) is 0 Å². The Hall–Kier alpha value is -0.550. The van der Waals surface area contributed by atoms with E-state index >= 15 is 0 Å². The van der Waals surface area contributed by atoms with Crippen LogP contribution in [0.25, 0.3) is 0 Å². The largest absolute Gasteiger partial charge is 0.385 e. The first kappa shape index (κ1) is 11.4. The number of nitriles is 1. The average Bonchev–Trinajstić information content (AvgIpc) is 2.78. The number of ether oxygens (including phenoxy) is 1. The molecular weight excluding hydrogens is 150 g/mol. The molecule has 70 valence electrons. The molecule has 1 aliphatic carbocycles. The van der Waals surface area contributed by atoms with Gasteiger partial charge in [-0.1, -0.05) is 13.8 Å². The number of methoxy groups -OCH3 is 1. The van der Waals surface area contributed by atoms with Crippen LogP contribution in [0.4, 0.5) is 0 Å². The van der Waals surface area contributed by atoms with Crippen LogP contribution in [0.15, 0.2) is 0 Å². The Bertz CT molecular complexity index is 162. The van der Waals surface area contributed by atoms with Gasteiger partial charge in [-0.2, -0.15) is 5.26 Å². The van der Waals surface area contributed by atoms with Gasteiger partial charge in [-0.3, -0.25) is 0 Å². The van der Waals surface area contributed by atoms with Gasteiger partial charge in [0.25, 0.3) is 0 Å². The molecule has 0 aliphatic heterocycles. The van der Waals surface area contributed by atoms with E-state index in [1.807, 2.05) is 20.8 Å².